The SMILES string of the molecule is FC(F)(F)c1ccccc1-c1cc(Nc2ccccc2)c2ccccc2n1. The van der Waals surface area contributed by atoms with Gasteiger partial charge in [0.1, 0.15) is 0 Å². The number of pyridine rings is 1. The Bertz CT molecular complexity index is 1090. The van der Waals surface area contributed by atoms with Crippen LogP contribution in [0.25, 0.3) is 22.2 Å². The molecule has 0 bridgehead atoms. The van der Waals surface area contributed by atoms with Gasteiger partial charge in [-0.05, 0) is 30.3 Å². The second kappa shape index (κ2) is 6.76. The van der Waals surface area contributed by atoms with E-state index in [0.717, 1.165) is 17.1 Å². The zero-order chi connectivity index (χ0) is 18.9. The summed E-state index contributed by atoms with van der Waals surface area (Å²) in [5.74, 6) is 0. The maximum Gasteiger partial charge on any atom is 0.417 e. The lowest BCUT2D eigenvalue weighted by atomic mass is 10.0. The summed E-state index contributed by atoms with van der Waals surface area (Å²) in [7, 11) is 0. The van der Waals surface area contributed by atoms with Gasteiger partial charge in [0.25, 0.3) is 0 Å². The molecule has 4 rings (SSSR count). The molecule has 0 saturated carbocycles. The third-order valence-corrected chi connectivity index (χ3v) is 4.28. The number of hydrogen-bond donors (Lipinski definition) is 1. The van der Waals surface area contributed by atoms with Crippen LogP contribution in [0.2, 0.25) is 0 Å². The summed E-state index contributed by atoms with van der Waals surface area (Å²) in [6, 6.07) is 24.1. The molecule has 5 heteroatoms. The number of nitrogens with zero attached hydrogens (tertiary/aromatic N) is 1. The van der Waals surface area contributed by atoms with Crippen molar-refractivity contribution in [3.63, 3.8) is 0 Å². The lowest BCUT2D eigenvalue weighted by molar-refractivity contribution is -0.137. The van der Waals surface area contributed by atoms with E-state index in [4.69, 9.17) is 0 Å². The van der Waals surface area contributed by atoms with Crippen molar-refractivity contribution in [2.24, 2.45) is 0 Å². The molecule has 134 valence electrons. The third-order valence-electron chi connectivity index (χ3n) is 4.28. The maximum absolute atomic E-state index is 13.5. The Labute approximate surface area is 154 Å². The third kappa shape index (κ3) is 3.49. The average Bonchev–Trinajstić information content (AvgIpc) is 2.68. The average molecular weight is 364 g/mol. The first kappa shape index (κ1) is 17.1. The Balaban J connectivity index is 1.91. The molecule has 1 aromatic heterocycles. The van der Waals surface area contributed by atoms with Crippen molar-refractivity contribution in [2.45, 2.75) is 6.18 Å². The molecule has 0 aliphatic heterocycles. The second-order valence-corrected chi connectivity index (χ2v) is 6.11. The number of alkyl halides is 3. The summed E-state index contributed by atoms with van der Waals surface area (Å²) in [6.07, 6.45) is -4.45. The van der Waals surface area contributed by atoms with Crippen molar-refractivity contribution < 1.29 is 13.2 Å². The fraction of sp³-hybridized carbons (Fsp3) is 0.0455. The number of benzene rings is 3. The molecule has 1 heterocycles. The van der Waals surface area contributed by atoms with Crippen molar-refractivity contribution >= 4 is 22.3 Å². The van der Waals surface area contributed by atoms with Crippen LogP contribution in [0.1, 0.15) is 5.56 Å². The van der Waals surface area contributed by atoms with Crippen LogP contribution in [0.3, 0.4) is 0 Å². The number of anilines is 2. The van der Waals surface area contributed by atoms with E-state index in [0.29, 0.717) is 11.2 Å². The largest absolute Gasteiger partial charge is 0.417 e. The van der Waals surface area contributed by atoms with Gasteiger partial charge in [-0.15, -0.1) is 0 Å². The van der Waals surface area contributed by atoms with Crippen LogP contribution >= 0.6 is 0 Å². The quantitative estimate of drug-likeness (QED) is 0.439. The summed E-state index contributed by atoms with van der Waals surface area (Å²) in [5, 5.41) is 4.14. The minimum absolute atomic E-state index is 0.0619. The van der Waals surface area contributed by atoms with Crippen molar-refractivity contribution in [3.8, 4) is 11.3 Å². The Kier molecular flexibility index (Phi) is 4.28. The number of hydrogen-bond acceptors (Lipinski definition) is 2. The standard InChI is InChI=1S/C22H15F3N2/c23-22(24,25)18-12-6-4-10-16(18)20-14-21(26-15-8-2-1-3-9-15)17-11-5-7-13-19(17)27-20/h1-14H,(H,26,27). The monoisotopic (exact) mass is 364 g/mol. The molecule has 0 fully saturated rings. The molecular weight excluding hydrogens is 349 g/mol. The van der Waals surface area contributed by atoms with E-state index >= 15 is 0 Å². The van der Waals surface area contributed by atoms with Gasteiger partial charge in [0.05, 0.1) is 22.5 Å². The molecule has 0 spiro atoms. The highest BCUT2D eigenvalue weighted by Gasteiger charge is 2.33. The Hall–Kier alpha value is -3.34. The van der Waals surface area contributed by atoms with Crippen molar-refractivity contribution in [3.05, 3.63) is 90.5 Å². The van der Waals surface area contributed by atoms with Crippen LogP contribution in [0.5, 0.6) is 0 Å². The van der Waals surface area contributed by atoms with Gasteiger partial charge in [-0.1, -0.05) is 54.6 Å². The predicted molar refractivity (Wildman–Crippen MR) is 102 cm³/mol. The van der Waals surface area contributed by atoms with Crippen molar-refractivity contribution in [1.82, 2.24) is 4.98 Å². The van der Waals surface area contributed by atoms with E-state index in [1.807, 2.05) is 48.5 Å². The van der Waals surface area contributed by atoms with Gasteiger partial charge < -0.3 is 5.32 Å². The number of halogens is 3. The molecule has 1 N–H and O–H groups in total. The summed E-state index contributed by atoms with van der Waals surface area (Å²) >= 11 is 0. The fourth-order valence-electron chi connectivity index (χ4n) is 3.05. The van der Waals surface area contributed by atoms with E-state index in [9.17, 15) is 13.2 Å². The molecule has 2 nitrogen and oxygen atoms in total. The van der Waals surface area contributed by atoms with Crippen LogP contribution in [0.4, 0.5) is 24.5 Å². The molecule has 3 aromatic carbocycles. The number of para-hydroxylation sites is 2. The van der Waals surface area contributed by atoms with E-state index in [2.05, 4.69) is 10.3 Å². The molecule has 0 unspecified atom stereocenters. The van der Waals surface area contributed by atoms with Crippen LogP contribution in [-0.2, 0) is 6.18 Å². The summed E-state index contributed by atoms with van der Waals surface area (Å²) < 4.78 is 40.4. The van der Waals surface area contributed by atoms with Gasteiger partial charge in [-0.2, -0.15) is 13.2 Å². The van der Waals surface area contributed by atoms with E-state index in [-0.39, 0.29) is 11.3 Å². The van der Waals surface area contributed by atoms with Crippen molar-refractivity contribution in [1.29, 1.82) is 0 Å². The Morgan fingerprint density at radius 1 is 0.741 bits per heavy atom. The lowest BCUT2D eigenvalue weighted by Gasteiger charge is -2.15. The van der Waals surface area contributed by atoms with Gasteiger partial charge in [0, 0.05) is 16.6 Å². The predicted octanol–water partition coefficient (Wildman–Crippen LogP) is 6.66. The molecular formula is C22H15F3N2. The highest BCUT2D eigenvalue weighted by Crippen LogP contribution is 2.38. The first-order chi connectivity index (χ1) is 13.0. The van der Waals surface area contributed by atoms with Gasteiger partial charge >= 0.3 is 6.18 Å². The Morgan fingerprint density at radius 3 is 2.19 bits per heavy atom. The first-order valence-electron chi connectivity index (χ1n) is 8.41. The molecule has 0 saturated heterocycles. The normalized spacial score (nSPS) is 11.5. The number of nitrogens with one attached hydrogen (secondary N) is 1. The van der Waals surface area contributed by atoms with Crippen LogP contribution in [0, 0.1) is 0 Å². The minimum Gasteiger partial charge on any atom is -0.355 e. The summed E-state index contributed by atoms with van der Waals surface area (Å²) in [6.45, 7) is 0. The smallest absolute Gasteiger partial charge is 0.355 e. The number of fused-ring (bicyclic) bond motifs is 1. The molecule has 0 atom stereocenters. The Morgan fingerprint density at radius 2 is 1.41 bits per heavy atom. The van der Waals surface area contributed by atoms with E-state index in [1.54, 1.807) is 18.2 Å². The van der Waals surface area contributed by atoms with E-state index in [1.165, 1.54) is 12.1 Å². The van der Waals surface area contributed by atoms with Gasteiger partial charge in [0.2, 0.25) is 0 Å². The molecule has 0 aliphatic rings. The second-order valence-electron chi connectivity index (χ2n) is 6.11. The van der Waals surface area contributed by atoms with Crippen LogP contribution in [0.15, 0.2) is 84.9 Å². The molecule has 0 radical (unpaired) electrons. The molecule has 0 aliphatic carbocycles. The fourth-order valence-corrected chi connectivity index (χ4v) is 3.05. The molecule has 4 aromatic rings. The highest BCUT2D eigenvalue weighted by atomic mass is 19.4. The van der Waals surface area contributed by atoms with Gasteiger partial charge in [-0.25, -0.2) is 4.98 Å². The lowest BCUT2D eigenvalue weighted by Crippen LogP contribution is -2.07. The summed E-state index contributed by atoms with van der Waals surface area (Å²) in [4.78, 5) is 4.48. The van der Waals surface area contributed by atoms with Gasteiger partial charge in [0.15, 0.2) is 0 Å². The zero-order valence-corrected chi connectivity index (χ0v) is 14.2. The van der Waals surface area contributed by atoms with Crippen molar-refractivity contribution in [2.75, 3.05) is 5.32 Å². The molecule has 0 amide bonds. The van der Waals surface area contributed by atoms with E-state index < -0.39 is 11.7 Å². The number of aromatic nitrogens is 1. The topological polar surface area (TPSA) is 24.9 Å². The maximum atomic E-state index is 13.5. The zero-order valence-electron chi connectivity index (χ0n) is 14.2. The van der Waals surface area contributed by atoms with Crippen LogP contribution < -0.4 is 5.32 Å². The van der Waals surface area contributed by atoms with Crippen LogP contribution in [-0.4, -0.2) is 4.98 Å². The highest BCUT2D eigenvalue weighted by molar-refractivity contribution is 5.95. The number of rotatable bonds is 3. The summed E-state index contributed by atoms with van der Waals surface area (Å²) in [5.41, 5.74) is 1.83. The minimum atomic E-state index is -4.45. The molecule has 27 heavy (non-hydrogen) atoms. The first-order valence-corrected chi connectivity index (χ1v) is 8.41. The van der Waals surface area contributed by atoms with Gasteiger partial charge in [-0.3, -0.25) is 0 Å².